The van der Waals surface area contributed by atoms with Gasteiger partial charge >= 0.3 is 0 Å². The number of aryl methyl sites for hydroxylation is 1. The van der Waals surface area contributed by atoms with Crippen LogP contribution < -0.4 is 5.43 Å². The Hall–Kier alpha value is -2.72. The highest BCUT2D eigenvalue weighted by molar-refractivity contribution is 6.35. The monoisotopic (exact) mass is 433 g/mol. The molecule has 2 aromatic carbocycles. The van der Waals surface area contributed by atoms with Crippen LogP contribution in [0.25, 0.3) is 22.2 Å². The van der Waals surface area contributed by atoms with E-state index >= 15 is 0 Å². The molecule has 5 heteroatoms. The number of carbonyl (C=O) groups excluding carboxylic acids is 1. The van der Waals surface area contributed by atoms with E-state index in [1.54, 1.807) is 6.07 Å². The lowest BCUT2D eigenvalue weighted by molar-refractivity contribution is 0.0956. The summed E-state index contributed by atoms with van der Waals surface area (Å²) in [6, 6.07) is 15.6. The van der Waals surface area contributed by atoms with Gasteiger partial charge in [0.15, 0.2) is 0 Å². The lowest BCUT2D eigenvalue weighted by atomic mass is 9.86. The molecule has 1 aliphatic carbocycles. The highest BCUT2D eigenvalue weighted by Gasteiger charge is 2.18. The number of fused-ring (bicyclic) bond motifs is 1. The molecule has 0 aliphatic heterocycles. The molecule has 3 aromatic rings. The number of rotatable bonds is 5. The largest absolute Gasteiger partial charge is 0.272 e. The molecule has 0 spiro atoms. The lowest BCUT2D eigenvalue weighted by Gasteiger charge is -2.21. The fourth-order valence-corrected chi connectivity index (χ4v) is 4.49. The zero-order valence-electron chi connectivity index (χ0n) is 18.1. The number of nitrogens with one attached hydrogen (secondary N) is 1. The summed E-state index contributed by atoms with van der Waals surface area (Å²) >= 11 is 6.45. The molecule has 1 fully saturated rings. The van der Waals surface area contributed by atoms with Crippen molar-refractivity contribution in [2.45, 2.75) is 52.4 Å². The van der Waals surface area contributed by atoms with Crippen molar-refractivity contribution in [1.82, 2.24) is 10.4 Å². The summed E-state index contributed by atoms with van der Waals surface area (Å²) in [4.78, 5) is 17.9. The van der Waals surface area contributed by atoms with E-state index in [-0.39, 0.29) is 5.91 Å². The van der Waals surface area contributed by atoms with Gasteiger partial charge in [-0.25, -0.2) is 10.4 Å². The number of aromatic nitrogens is 1. The Morgan fingerprint density at radius 2 is 1.87 bits per heavy atom. The highest BCUT2D eigenvalue weighted by Crippen LogP contribution is 2.29. The maximum atomic E-state index is 13.2. The third-order valence-electron chi connectivity index (χ3n) is 6.22. The van der Waals surface area contributed by atoms with Crippen molar-refractivity contribution in [2.75, 3.05) is 0 Å². The van der Waals surface area contributed by atoms with Gasteiger partial charge in [-0.05, 0) is 49.8 Å². The number of hydrogen-bond donors (Lipinski definition) is 1. The zero-order valence-corrected chi connectivity index (χ0v) is 18.9. The highest BCUT2D eigenvalue weighted by atomic mass is 35.5. The van der Waals surface area contributed by atoms with Crippen LogP contribution in [0.15, 0.2) is 53.6 Å². The number of hydrogen-bond acceptors (Lipinski definition) is 3. The standard InChI is InChI=1S/C26H28ClN3O/c1-3-18-12-14-20(15-13-18)24-16-22(21-10-7-11-23(27)25(21)28-24)26(31)30-29-17(2)19-8-5-4-6-9-19/h7,10-16,19H,3-6,8-9H2,1-2H3,(H,30,31)/b29-17-. The van der Waals surface area contributed by atoms with E-state index in [0.717, 1.165) is 41.6 Å². The van der Waals surface area contributed by atoms with E-state index in [9.17, 15) is 4.79 Å². The van der Waals surface area contributed by atoms with Crippen LogP contribution in [0.3, 0.4) is 0 Å². The van der Waals surface area contributed by atoms with Crippen molar-refractivity contribution in [1.29, 1.82) is 0 Å². The number of benzene rings is 2. The number of hydrazone groups is 1. The summed E-state index contributed by atoms with van der Waals surface area (Å²) in [5.74, 6) is 0.224. The van der Waals surface area contributed by atoms with Gasteiger partial charge < -0.3 is 0 Å². The number of para-hydroxylation sites is 1. The minimum atomic E-state index is -0.240. The van der Waals surface area contributed by atoms with Crippen LogP contribution >= 0.6 is 11.6 Å². The van der Waals surface area contributed by atoms with Crippen molar-refractivity contribution >= 4 is 34.1 Å². The first kappa shape index (κ1) is 21.5. The fourth-order valence-electron chi connectivity index (χ4n) is 4.27. The SMILES string of the molecule is CCc1ccc(-c2cc(C(=O)N/N=C(/C)C3CCCCC3)c3cccc(Cl)c3n2)cc1. The van der Waals surface area contributed by atoms with Gasteiger partial charge in [0.1, 0.15) is 0 Å². The third-order valence-corrected chi connectivity index (χ3v) is 6.53. The predicted molar refractivity (Wildman–Crippen MR) is 129 cm³/mol. The number of carbonyl (C=O) groups is 1. The smallest absolute Gasteiger partial charge is 0.267 e. The van der Waals surface area contributed by atoms with Gasteiger partial charge in [-0.15, -0.1) is 0 Å². The molecular formula is C26H28ClN3O. The average molecular weight is 434 g/mol. The van der Waals surface area contributed by atoms with Crippen LogP contribution in [0.5, 0.6) is 0 Å². The first-order valence-corrected chi connectivity index (χ1v) is 11.5. The Kier molecular flexibility index (Phi) is 6.67. The van der Waals surface area contributed by atoms with Crippen LogP contribution in [0.4, 0.5) is 0 Å². The zero-order chi connectivity index (χ0) is 21.8. The van der Waals surface area contributed by atoms with Crippen molar-refractivity contribution in [3.63, 3.8) is 0 Å². The van der Waals surface area contributed by atoms with Crippen molar-refractivity contribution < 1.29 is 4.79 Å². The number of halogens is 1. The second kappa shape index (κ2) is 9.61. The van der Waals surface area contributed by atoms with Gasteiger partial charge in [-0.1, -0.05) is 74.2 Å². The van der Waals surface area contributed by atoms with Crippen molar-refractivity contribution in [3.8, 4) is 11.3 Å². The first-order chi connectivity index (χ1) is 15.1. The molecule has 31 heavy (non-hydrogen) atoms. The molecule has 0 unspecified atom stereocenters. The molecule has 1 aliphatic rings. The van der Waals surface area contributed by atoms with Crippen molar-refractivity contribution in [2.24, 2.45) is 11.0 Å². The molecule has 160 valence electrons. The Morgan fingerprint density at radius 1 is 1.13 bits per heavy atom. The van der Waals surface area contributed by atoms with Gasteiger partial charge in [-0.3, -0.25) is 4.79 Å². The Labute approximate surface area is 188 Å². The topological polar surface area (TPSA) is 54.4 Å². The first-order valence-electron chi connectivity index (χ1n) is 11.1. The van der Waals surface area contributed by atoms with Gasteiger partial charge in [0, 0.05) is 16.7 Å². The summed E-state index contributed by atoms with van der Waals surface area (Å²) in [5, 5.41) is 5.70. The van der Waals surface area contributed by atoms with E-state index in [2.05, 4.69) is 29.6 Å². The van der Waals surface area contributed by atoms with Crippen LogP contribution in [0.1, 0.15) is 61.9 Å². The predicted octanol–water partition coefficient (Wildman–Crippen LogP) is 6.80. The van der Waals surface area contributed by atoms with Gasteiger partial charge in [0.2, 0.25) is 0 Å². The summed E-state index contributed by atoms with van der Waals surface area (Å²) in [6.45, 7) is 4.14. The van der Waals surface area contributed by atoms with Gasteiger partial charge in [0.25, 0.3) is 5.91 Å². The Balaban J connectivity index is 1.69. The molecule has 1 aromatic heterocycles. The molecule has 1 heterocycles. The van der Waals surface area contributed by atoms with Crippen LogP contribution in [0.2, 0.25) is 5.02 Å². The third kappa shape index (κ3) is 4.80. The molecule has 0 bridgehead atoms. The molecule has 0 atom stereocenters. The number of amides is 1. The lowest BCUT2D eigenvalue weighted by Crippen LogP contribution is -2.23. The van der Waals surface area contributed by atoms with E-state index in [1.165, 1.54) is 24.8 Å². The summed E-state index contributed by atoms with van der Waals surface area (Å²) in [6.07, 6.45) is 7.04. The molecule has 1 saturated carbocycles. The maximum absolute atomic E-state index is 13.2. The van der Waals surface area contributed by atoms with Crippen molar-refractivity contribution in [3.05, 3.63) is 64.7 Å². The molecule has 1 amide bonds. The number of pyridine rings is 1. The molecule has 4 nitrogen and oxygen atoms in total. The molecule has 4 rings (SSSR count). The Bertz CT molecular complexity index is 1120. The molecule has 0 radical (unpaired) electrons. The minimum absolute atomic E-state index is 0.240. The minimum Gasteiger partial charge on any atom is -0.267 e. The fraction of sp³-hybridized carbons (Fsp3) is 0.346. The van der Waals surface area contributed by atoms with E-state index in [4.69, 9.17) is 16.6 Å². The van der Waals surface area contributed by atoms with E-state index < -0.39 is 0 Å². The summed E-state index contributed by atoms with van der Waals surface area (Å²) < 4.78 is 0. The molecular weight excluding hydrogens is 406 g/mol. The van der Waals surface area contributed by atoms with Crippen LogP contribution in [-0.2, 0) is 6.42 Å². The van der Waals surface area contributed by atoms with E-state index in [1.807, 2.05) is 37.3 Å². The molecule has 0 saturated heterocycles. The second-order valence-electron chi connectivity index (χ2n) is 8.27. The normalized spacial score (nSPS) is 15.3. The van der Waals surface area contributed by atoms with Crippen LogP contribution in [-0.4, -0.2) is 16.6 Å². The van der Waals surface area contributed by atoms with Gasteiger partial charge in [0.05, 0.1) is 21.8 Å². The maximum Gasteiger partial charge on any atom is 0.272 e. The van der Waals surface area contributed by atoms with E-state index in [0.29, 0.717) is 22.0 Å². The Morgan fingerprint density at radius 3 is 2.58 bits per heavy atom. The quantitative estimate of drug-likeness (QED) is 0.355. The number of nitrogens with zero attached hydrogens (tertiary/aromatic N) is 2. The molecule has 1 N–H and O–H groups in total. The summed E-state index contributed by atoms with van der Waals surface area (Å²) in [5.41, 5.74) is 7.87. The summed E-state index contributed by atoms with van der Waals surface area (Å²) in [7, 11) is 0. The van der Waals surface area contributed by atoms with Crippen LogP contribution in [0, 0.1) is 5.92 Å². The second-order valence-corrected chi connectivity index (χ2v) is 8.68. The average Bonchev–Trinajstić information content (AvgIpc) is 2.82. The van der Waals surface area contributed by atoms with Gasteiger partial charge in [-0.2, -0.15) is 5.10 Å².